The Morgan fingerprint density at radius 2 is 2.31 bits per heavy atom. The predicted molar refractivity (Wildman–Crippen MR) is 60.1 cm³/mol. The Bertz CT molecular complexity index is 361. The van der Waals surface area contributed by atoms with Crippen molar-refractivity contribution in [1.29, 1.82) is 0 Å². The minimum absolute atomic E-state index is 0.100. The molecule has 1 N–H and O–H groups in total. The molecular formula is C10H15N5O. The van der Waals surface area contributed by atoms with Gasteiger partial charge in [0.25, 0.3) is 0 Å². The van der Waals surface area contributed by atoms with E-state index in [9.17, 15) is 4.79 Å². The fraction of sp³-hybridized carbons (Fsp3) is 0.500. The average molecular weight is 221 g/mol. The molecule has 0 aliphatic carbocycles. The molecule has 1 fully saturated rings. The van der Waals surface area contributed by atoms with Crippen LogP contribution in [0.3, 0.4) is 0 Å². The summed E-state index contributed by atoms with van der Waals surface area (Å²) in [5.41, 5.74) is 0. The van der Waals surface area contributed by atoms with Crippen molar-refractivity contribution in [2.75, 3.05) is 32.5 Å². The number of carbonyl (C=O) groups excluding carboxylic acids is 1. The lowest BCUT2D eigenvalue weighted by Gasteiger charge is -2.42. The van der Waals surface area contributed by atoms with Crippen LogP contribution in [0.1, 0.15) is 0 Å². The molecule has 2 heterocycles. The Balaban J connectivity index is 1.83. The van der Waals surface area contributed by atoms with Crippen molar-refractivity contribution in [1.82, 2.24) is 19.8 Å². The Hall–Kier alpha value is -1.69. The van der Waals surface area contributed by atoms with Crippen LogP contribution < -0.4 is 5.32 Å². The second kappa shape index (κ2) is 4.44. The molecule has 0 unspecified atom stereocenters. The van der Waals surface area contributed by atoms with Gasteiger partial charge in [-0.25, -0.2) is 14.8 Å². The van der Waals surface area contributed by atoms with Crippen molar-refractivity contribution >= 4 is 11.8 Å². The number of rotatable bonds is 2. The van der Waals surface area contributed by atoms with Crippen LogP contribution in [0.15, 0.2) is 18.6 Å². The molecule has 6 nitrogen and oxygen atoms in total. The van der Waals surface area contributed by atoms with E-state index in [-0.39, 0.29) is 6.03 Å². The van der Waals surface area contributed by atoms with Gasteiger partial charge in [0.15, 0.2) is 0 Å². The summed E-state index contributed by atoms with van der Waals surface area (Å²) in [5.74, 6) is 0.535. The SMILES string of the molecule is CN(C)C1CN(C(=O)Nc2ccncn2)C1. The number of hydrogen-bond acceptors (Lipinski definition) is 4. The van der Waals surface area contributed by atoms with Crippen LogP contribution in [-0.2, 0) is 0 Å². The minimum atomic E-state index is -0.100. The van der Waals surface area contributed by atoms with E-state index >= 15 is 0 Å². The topological polar surface area (TPSA) is 61.4 Å². The van der Waals surface area contributed by atoms with Crippen LogP contribution in [0.4, 0.5) is 10.6 Å². The van der Waals surface area contributed by atoms with Gasteiger partial charge in [-0.3, -0.25) is 5.32 Å². The third kappa shape index (κ3) is 2.27. The van der Waals surface area contributed by atoms with Gasteiger partial charge in [-0.05, 0) is 20.2 Å². The molecule has 86 valence electrons. The van der Waals surface area contributed by atoms with Gasteiger partial charge < -0.3 is 9.80 Å². The third-order valence-electron chi connectivity index (χ3n) is 2.70. The second-order valence-electron chi connectivity index (χ2n) is 4.05. The van der Waals surface area contributed by atoms with Crippen LogP contribution >= 0.6 is 0 Å². The lowest BCUT2D eigenvalue weighted by molar-refractivity contribution is 0.0942. The summed E-state index contributed by atoms with van der Waals surface area (Å²) in [6.07, 6.45) is 3.01. The van der Waals surface area contributed by atoms with E-state index in [1.165, 1.54) is 6.33 Å². The van der Waals surface area contributed by atoms with Gasteiger partial charge in [-0.2, -0.15) is 0 Å². The maximum Gasteiger partial charge on any atom is 0.323 e. The quantitative estimate of drug-likeness (QED) is 0.778. The molecule has 1 aliphatic heterocycles. The highest BCUT2D eigenvalue weighted by molar-refractivity contribution is 5.88. The fourth-order valence-electron chi connectivity index (χ4n) is 1.50. The molecule has 0 radical (unpaired) electrons. The Morgan fingerprint density at radius 3 is 2.88 bits per heavy atom. The fourth-order valence-corrected chi connectivity index (χ4v) is 1.50. The number of nitrogens with one attached hydrogen (secondary N) is 1. The largest absolute Gasteiger partial charge is 0.323 e. The minimum Gasteiger partial charge on any atom is -0.321 e. The second-order valence-corrected chi connectivity index (χ2v) is 4.05. The molecular weight excluding hydrogens is 206 g/mol. The van der Waals surface area contributed by atoms with Gasteiger partial charge in [0.2, 0.25) is 0 Å². The standard InChI is InChI=1S/C10H15N5O/c1-14(2)8-5-15(6-8)10(16)13-9-3-4-11-7-12-9/h3-4,7-8H,5-6H2,1-2H3,(H,11,12,13,16). The van der Waals surface area contributed by atoms with E-state index in [1.54, 1.807) is 17.2 Å². The third-order valence-corrected chi connectivity index (χ3v) is 2.70. The van der Waals surface area contributed by atoms with Crippen LogP contribution in [0, 0.1) is 0 Å². The zero-order chi connectivity index (χ0) is 11.5. The summed E-state index contributed by atoms with van der Waals surface area (Å²) in [6.45, 7) is 1.54. The van der Waals surface area contributed by atoms with Crippen molar-refractivity contribution in [3.8, 4) is 0 Å². The molecule has 0 bridgehead atoms. The van der Waals surface area contributed by atoms with E-state index in [4.69, 9.17) is 0 Å². The first-order chi connectivity index (χ1) is 7.66. The smallest absolute Gasteiger partial charge is 0.321 e. The first-order valence-electron chi connectivity index (χ1n) is 5.15. The molecule has 0 spiro atoms. The van der Waals surface area contributed by atoms with Gasteiger partial charge in [0, 0.05) is 25.3 Å². The molecule has 1 saturated heterocycles. The highest BCUT2D eigenvalue weighted by atomic mass is 16.2. The number of urea groups is 1. The Kier molecular flexibility index (Phi) is 3.00. The lowest BCUT2D eigenvalue weighted by Crippen LogP contribution is -2.60. The molecule has 1 aliphatic rings. The molecule has 0 aromatic carbocycles. The molecule has 1 aromatic heterocycles. The van der Waals surface area contributed by atoms with Crippen LogP contribution in [0.2, 0.25) is 0 Å². The number of likely N-dealkylation sites (tertiary alicyclic amines) is 1. The summed E-state index contributed by atoms with van der Waals surface area (Å²) in [7, 11) is 4.04. The maximum atomic E-state index is 11.7. The van der Waals surface area contributed by atoms with Crippen molar-refractivity contribution < 1.29 is 4.79 Å². The molecule has 16 heavy (non-hydrogen) atoms. The first-order valence-corrected chi connectivity index (χ1v) is 5.15. The summed E-state index contributed by atoms with van der Waals surface area (Å²) < 4.78 is 0. The molecule has 1 aromatic rings. The Morgan fingerprint density at radius 1 is 1.56 bits per heavy atom. The van der Waals surface area contributed by atoms with Crippen LogP contribution in [0.5, 0.6) is 0 Å². The van der Waals surface area contributed by atoms with E-state index in [0.717, 1.165) is 13.1 Å². The van der Waals surface area contributed by atoms with Crippen molar-refractivity contribution in [2.45, 2.75) is 6.04 Å². The monoisotopic (exact) mass is 221 g/mol. The van der Waals surface area contributed by atoms with Crippen molar-refractivity contribution in [3.63, 3.8) is 0 Å². The lowest BCUT2D eigenvalue weighted by atomic mass is 10.1. The normalized spacial score (nSPS) is 16.1. The van der Waals surface area contributed by atoms with Gasteiger partial charge in [0.05, 0.1) is 0 Å². The van der Waals surface area contributed by atoms with E-state index < -0.39 is 0 Å². The van der Waals surface area contributed by atoms with E-state index in [1.807, 2.05) is 14.1 Å². The number of anilines is 1. The molecule has 2 amide bonds. The zero-order valence-corrected chi connectivity index (χ0v) is 9.42. The summed E-state index contributed by atoms with van der Waals surface area (Å²) in [6, 6.07) is 2.04. The number of aromatic nitrogens is 2. The number of nitrogens with zero attached hydrogens (tertiary/aromatic N) is 4. The number of carbonyl (C=O) groups is 1. The van der Waals surface area contributed by atoms with Gasteiger partial charge in [0.1, 0.15) is 12.1 Å². The van der Waals surface area contributed by atoms with Gasteiger partial charge in [-0.1, -0.05) is 0 Å². The first kappa shape index (κ1) is 10.8. The van der Waals surface area contributed by atoms with E-state index in [2.05, 4.69) is 20.2 Å². The summed E-state index contributed by atoms with van der Waals surface area (Å²) in [5, 5.41) is 2.72. The van der Waals surface area contributed by atoms with Gasteiger partial charge in [-0.15, -0.1) is 0 Å². The predicted octanol–water partition coefficient (Wildman–Crippen LogP) is 0.254. The average Bonchev–Trinajstić information content (AvgIpc) is 2.15. The number of amides is 2. The highest BCUT2D eigenvalue weighted by Gasteiger charge is 2.31. The number of likely N-dealkylation sites (N-methyl/N-ethyl adjacent to an activating group) is 1. The van der Waals surface area contributed by atoms with Crippen molar-refractivity contribution in [3.05, 3.63) is 18.6 Å². The molecule has 2 rings (SSSR count). The maximum absolute atomic E-state index is 11.7. The van der Waals surface area contributed by atoms with Gasteiger partial charge >= 0.3 is 6.03 Å². The van der Waals surface area contributed by atoms with Crippen molar-refractivity contribution in [2.24, 2.45) is 0 Å². The highest BCUT2D eigenvalue weighted by Crippen LogP contribution is 2.13. The van der Waals surface area contributed by atoms with E-state index in [0.29, 0.717) is 11.9 Å². The number of hydrogen-bond donors (Lipinski definition) is 1. The zero-order valence-electron chi connectivity index (χ0n) is 9.42. The summed E-state index contributed by atoms with van der Waals surface area (Å²) in [4.78, 5) is 23.3. The van der Waals surface area contributed by atoms with Crippen LogP contribution in [-0.4, -0.2) is 59.0 Å². The molecule has 6 heteroatoms. The van der Waals surface area contributed by atoms with Crippen LogP contribution in [0.25, 0.3) is 0 Å². The Labute approximate surface area is 94.3 Å². The summed E-state index contributed by atoms with van der Waals surface area (Å²) >= 11 is 0. The molecule has 0 atom stereocenters. The molecule has 0 saturated carbocycles.